The van der Waals surface area contributed by atoms with Crippen molar-refractivity contribution in [2.24, 2.45) is 0 Å². The quantitative estimate of drug-likeness (QED) is 0.371. The summed E-state index contributed by atoms with van der Waals surface area (Å²) >= 11 is 3.49. The van der Waals surface area contributed by atoms with Gasteiger partial charge in [0.25, 0.3) is 0 Å². The van der Waals surface area contributed by atoms with Crippen LogP contribution in [0.15, 0.2) is 58.7 Å². The number of hydrogen-bond donors (Lipinski definition) is 3. The van der Waals surface area contributed by atoms with E-state index in [1.165, 1.54) is 0 Å². The number of piperidine rings is 1. The summed E-state index contributed by atoms with van der Waals surface area (Å²) in [6, 6.07) is 13.6. The van der Waals surface area contributed by atoms with E-state index in [0.717, 1.165) is 48.1 Å². The molecule has 1 aromatic heterocycles. The van der Waals surface area contributed by atoms with Crippen molar-refractivity contribution < 1.29 is 14.3 Å². The number of carbonyl (C=O) groups is 1. The van der Waals surface area contributed by atoms with Crippen LogP contribution < -0.4 is 20.7 Å². The fraction of sp³-hybridized carbons (Fsp3) is 0.296. The van der Waals surface area contributed by atoms with Crippen molar-refractivity contribution in [2.45, 2.75) is 25.4 Å². The van der Waals surface area contributed by atoms with E-state index < -0.39 is 0 Å². The number of benzene rings is 2. The number of aromatic nitrogens is 1. The minimum atomic E-state index is -0.204. The second-order valence-corrected chi connectivity index (χ2v) is 9.72. The van der Waals surface area contributed by atoms with Crippen LogP contribution in [-0.4, -0.2) is 43.3 Å². The van der Waals surface area contributed by atoms with Crippen LogP contribution in [0.25, 0.3) is 10.9 Å². The summed E-state index contributed by atoms with van der Waals surface area (Å²) in [6.07, 6.45) is 5.61. The van der Waals surface area contributed by atoms with Gasteiger partial charge < -0.3 is 25.4 Å². The largest absolute Gasteiger partial charge is 0.486 e. The van der Waals surface area contributed by atoms with E-state index in [4.69, 9.17) is 9.47 Å². The zero-order valence-corrected chi connectivity index (χ0v) is 21.2. The first-order valence-corrected chi connectivity index (χ1v) is 12.7. The normalized spacial score (nSPS) is 17.4. The SMILES string of the molecule is N#Cc1cnc2cc(OC3CCOC3)c(NC(=O)C=C3CCNCC3)cc2c1Nc1cccc(Br)c1. The van der Waals surface area contributed by atoms with Gasteiger partial charge in [-0.15, -0.1) is 0 Å². The lowest BCUT2D eigenvalue weighted by Crippen LogP contribution is -2.24. The molecule has 5 rings (SSSR count). The number of nitrogens with zero attached hydrogens (tertiary/aromatic N) is 2. The second kappa shape index (κ2) is 11.1. The zero-order chi connectivity index (χ0) is 24.9. The lowest BCUT2D eigenvalue weighted by molar-refractivity contribution is -0.112. The van der Waals surface area contributed by atoms with Gasteiger partial charge in [-0.2, -0.15) is 5.26 Å². The minimum Gasteiger partial charge on any atom is -0.486 e. The van der Waals surface area contributed by atoms with Gasteiger partial charge >= 0.3 is 0 Å². The summed E-state index contributed by atoms with van der Waals surface area (Å²) in [5.41, 5.74) is 4.12. The Bertz CT molecular complexity index is 1350. The van der Waals surface area contributed by atoms with Gasteiger partial charge in [0.05, 0.1) is 35.7 Å². The first-order valence-electron chi connectivity index (χ1n) is 11.9. The highest BCUT2D eigenvalue weighted by Gasteiger charge is 2.21. The van der Waals surface area contributed by atoms with Gasteiger partial charge in [-0.3, -0.25) is 9.78 Å². The Morgan fingerprint density at radius 2 is 2.14 bits per heavy atom. The van der Waals surface area contributed by atoms with E-state index in [1.807, 2.05) is 36.4 Å². The van der Waals surface area contributed by atoms with E-state index >= 15 is 0 Å². The van der Waals surface area contributed by atoms with Gasteiger partial charge in [0.2, 0.25) is 5.91 Å². The number of carbonyl (C=O) groups excluding carboxylic acids is 1. The minimum absolute atomic E-state index is 0.0986. The fourth-order valence-corrected chi connectivity index (χ4v) is 4.78. The van der Waals surface area contributed by atoms with Crippen molar-refractivity contribution in [1.29, 1.82) is 5.26 Å². The Kier molecular flexibility index (Phi) is 7.47. The van der Waals surface area contributed by atoms with Gasteiger partial charge in [-0.1, -0.05) is 27.6 Å². The molecule has 3 aromatic rings. The molecule has 0 bridgehead atoms. The average molecular weight is 548 g/mol. The number of amides is 1. The highest BCUT2D eigenvalue weighted by molar-refractivity contribution is 9.10. The molecule has 2 aliphatic heterocycles. The van der Waals surface area contributed by atoms with Crippen LogP contribution in [0.1, 0.15) is 24.8 Å². The van der Waals surface area contributed by atoms with Crippen molar-refractivity contribution in [3.8, 4) is 11.8 Å². The maximum atomic E-state index is 13.0. The molecule has 3 heterocycles. The number of nitriles is 1. The van der Waals surface area contributed by atoms with E-state index in [1.54, 1.807) is 12.3 Å². The van der Waals surface area contributed by atoms with Gasteiger partial charge in [-0.25, -0.2) is 0 Å². The number of halogens is 1. The van der Waals surface area contributed by atoms with Crippen LogP contribution in [0.4, 0.5) is 17.1 Å². The molecule has 184 valence electrons. The van der Waals surface area contributed by atoms with Crippen LogP contribution in [0.3, 0.4) is 0 Å². The maximum absolute atomic E-state index is 13.0. The molecule has 9 heteroatoms. The molecule has 1 atom stereocenters. The Hall–Kier alpha value is -3.45. The smallest absolute Gasteiger partial charge is 0.248 e. The van der Waals surface area contributed by atoms with E-state index in [9.17, 15) is 10.1 Å². The van der Waals surface area contributed by atoms with Crippen molar-refractivity contribution in [3.05, 3.63) is 64.3 Å². The molecule has 0 radical (unpaired) electrons. The van der Waals surface area contributed by atoms with E-state index in [-0.39, 0.29) is 12.0 Å². The zero-order valence-electron chi connectivity index (χ0n) is 19.6. The lowest BCUT2D eigenvalue weighted by atomic mass is 10.0. The highest BCUT2D eigenvalue weighted by atomic mass is 79.9. The monoisotopic (exact) mass is 547 g/mol. The molecular weight excluding hydrogens is 522 g/mol. The fourth-order valence-electron chi connectivity index (χ4n) is 4.38. The molecule has 2 fully saturated rings. The van der Waals surface area contributed by atoms with Crippen LogP contribution in [0.5, 0.6) is 5.75 Å². The number of hydrogen-bond acceptors (Lipinski definition) is 7. The maximum Gasteiger partial charge on any atom is 0.248 e. The highest BCUT2D eigenvalue weighted by Crippen LogP contribution is 2.37. The van der Waals surface area contributed by atoms with Crippen LogP contribution in [0, 0.1) is 11.3 Å². The van der Waals surface area contributed by atoms with Crippen molar-refractivity contribution in [2.75, 3.05) is 36.9 Å². The Morgan fingerprint density at radius 1 is 1.28 bits per heavy atom. The molecule has 2 aromatic carbocycles. The molecule has 8 nitrogen and oxygen atoms in total. The molecule has 2 saturated heterocycles. The van der Waals surface area contributed by atoms with Crippen LogP contribution in [0.2, 0.25) is 0 Å². The molecule has 0 aliphatic carbocycles. The number of ether oxygens (including phenoxy) is 2. The summed E-state index contributed by atoms with van der Waals surface area (Å²) in [5.74, 6) is 0.324. The molecule has 36 heavy (non-hydrogen) atoms. The van der Waals surface area contributed by atoms with Gasteiger partial charge in [0.15, 0.2) is 0 Å². The summed E-state index contributed by atoms with van der Waals surface area (Å²) in [7, 11) is 0. The summed E-state index contributed by atoms with van der Waals surface area (Å²) in [6.45, 7) is 2.89. The molecular formula is C27H26BrN5O3. The average Bonchev–Trinajstić information content (AvgIpc) is 3.38. The van der Waals surface area contributed by atoms with Gasteiger partial charge in [0, 0.05) is 40.3 Å². The number of pyridine rings is 1. The van der Waals surface area contributed by atoms with E-state index in [2.05, 4.69) is 42.9 Å². The third-order valence-electron chi connectivity index (χ3n) is 6.20. The van der Waals surface area contributed by atoms with E-state index in [0.29, 0.717) is 46.8 Å². The molecule has 1 amide bonds. The summed E-state index contributed by atoms with van der Waals surface area (Å²) in [4.78, 5) is 17.5. The molecule has 2 aliphatic rings. The molecule has 0 spiro atoms. The molecule has 3 N–H and O–H groups in total. The first kappa shape index (κ1) is 24.3. The first-order chi connectivity index (χ1) is 17.6. The molecule has 0 saturated carbocycles. The number of nitrogens with one attached hydrogen (secondary N) is 3. The predicted molar refractivity (Wildman–Crippen MR) is 143 cm³/mol. The van der Waals surface area contributed by atoms with Gasteiger partial charge in [-0.05, 0) is 50.2 Å². The standard InChI is InChI=1S/C27H26BrN5O3/c28-19-2-1-3-20(11-19)32-27-18(14-29)15-31-23-13-25(36-21-6-9-35-16-21)24(12-22(23)27)33-26(34)10-17-4-7-30-8-5-17/h1-3,10-13,15,21,30H,4-9,16H2,(H,31,32)(H,33,34). The predicted octanol–water partition coefficient (Wildman–Crippen LogP) is 5.03. The number of fused-ring (bicyclic) bond motifs is 1. The second-order valence-electron chi connectivity index (χ2n) is 8.80. The topological polar surface area (TPSA) is 108 Å². The number of rotatable bonds is 6. The third kappa shape index (κ3) is 5.68. The van der Waals surface area contributed by atoms with Gasteiger partial charge in [0.1, 0.15) is 17.9 Å². The summed E-state index contributed by atoms with van der Waals surface area (Å²) in [5, 5.41) is 20.2. The van der Waals surface area contributed by atoms with Crippen LogP contribution in [-0.2, 0) is 9.53 Å². The summed E-state index contributed by atoms with van der Waals surface area (Å²) < 4.78 is 12.6. The van der Waals surface area contributed by atoms with Crippen molar-refractivity contribution >= 4 is 49.8 Å². The molecule has 1 unspecified atom stereocenters. The Balaban J connectivity index is 1.56. The Labute approximate surface area is 217 Å². The number of anilines is 3. The van der Waals surface area contributed by atoms with Crippen molar-refractivity contribution in [1.82, 2.24) is 10.3 Å². The Morgan fingerprint density at radius 3 is 2.89 bits per heavy atom. The van der Waals surface area contributed by atoms with Crippen molar-refractivity contribution in [3.63, 3.8) is 0 Å². The third-order valence-corrected chi connectivity index (χ3v) is 6.70. The van der Waals surface area contributed by atoms with Crippen LogP contribution >= 0.6 is 15.9 Å². The lowest BCUT2D eigenvalue weighted by Gasteiger charge is -2.19.